The van der Waals surface area contributed by atoms with E-state index in [4.69, 9.17) is 39.2 Å². The predicted molar refractivity (Wildman–Crippen MR) is 234 cm³/mol. The van der Waals surface area contributed by atoms with Crippen LogP contribution in [0.1, 0.15) is 115 Å². The van der Waals surface area contributed by atoms with Gasteiger partial charge in [-0.05, 0) is 37.1 Å². The fraction of sp³-hybridized carbons (Fsp3) is 0.674. The first kappa shape index (κ1) is 50.1. The molecule has 8 N–H and O–H groups in total. The average molecular weight is 927 g/mol. The number of nitriles is 2. The Morgan fingerprint density at radius 3 is 1.49 bits per heavy atom. The molecule has 0 aromatic carbocycles. The number of nitrogens with two attached hydrogens (primary N) is 2. The summed E-state index contributed by atoms with van der Waals surface area (Å²) in [5, 5.41) is 73.7. The Kier molecular flexibility index (Phi) is 18.0. The molecule has 6 heterocycles. The first-order valence-corrected chi connectivity index (χ1v) is 24.1. The molecule has 2 saturated heterocycles. The van der Waals surface area contributed by atoms with Gasteiger partial charge in [0.05, 0.1) is 31.2 Å². The average Bonchev–Trinajstić information content (AvgIpc) is 4.07. The normalized spacial score (nSPS) is 25.7. The lowest BCUT2D eigenvalue weighted by Crippen LogP contribution is -2.41. The Labute approximate surface area is 378 Å². The predicted octanol–water partition coefficient (Wildman–Crippen LogP) is 4.36. The molecule has 6 rings (SSSR count). The highest BCUT2D eigenvalue weighted by molar-refractivity contribution is 7.48. The zero-order valence-electron chi connectivity index (χ0n) is 36.9. The summed E-state index contributed by atoms with van der Waals surface area (Å²) in [6.45, 7) is 1.46. The molecule has 21 nitrogen and oxygen atoms in total. The van der Waals surface area contributed by atoms with Crippen molar-refractivity contribution in [2.75, 3.05) is 44.5 Å². The van der Waals surface area contributed by atoms with Crippen LogP contribution in [0.4, 0.5) is 11.6 Å². The van der Waals surface area contributed by atoms with Crippen LogP contribution in [0.25, 0.3) is 11.0 Å². The van der Waals surface area contributed by atoms with Crippen LogP contribution in [0.15, 0.2) is 36.9 Å². The van der Waals surface area contributed by atoms with E-state index in [1.165, 1.54) is 104 Å². The maximum atomic E-state index is 14.3. The molecule has 0 saturated carbocycles. The molecule has 0 aliphatic carbocycles. The van der Waals surface area contributed by atoms with Gasteiger partial charge in [0.25, 0.3) is 0 Å². The molecule has 2 aliphatic rings. The summed E-state index contributed by atoms with van der Waals surface area (Å²) >= 11 is 0. The molecular weight excluding hydrogens is 864 g/mol. The second kappa shape index (κ2) is 23.4. The van der Waals surface area contributed by atoms with Crippen molar-refractivity contribution in [2.45, 2.75) is 151 Å². The summed E-state index contributed by atoms with van der Waals surface area (Å²) in [5.41, 5.74) is 8.32. The summed E-state index contributed by atoms with van der Waals surface area (Å²) in [4.78, 5) is 7.86. The second-order valence-corrected chi connectivity index (χ2v) is 18.3. The summed E-state index contributed by atoms with van der Waals surface area (Å²) in [5.74, 6) is 0.193. The standard InChI is InChI=1S/C43H63N10O11P/c1-2-3-4-5-6-7-8-9-10-11-12-13-14-15-21-59-22-16-23-60-65(58,61-24-32-36(54)38(56)42(26-44,63-32)34-19-17-30-40(46)48-28-50-52(30)34)62-25-33-37(55)39(57)43(27-45,64-33)35-20-18-31-41(47)49-29-51-53(31)35/h17-20,28-29,32-33,36-39,54-57H,2-16,21-25H2,1H3,(H2,46,48,50)(H2,47,49,51)/t32-,33-,36-,37-,38-,39-,42+,43+/m1/s1. The first-order chi connectivity index (χ1) is 31.4. The number of phosphoric acid groups is 1. The van der Waals surface area contributed by atoms with Gasteiger partial charge in [0.1, 0.15) is 72.5 Å². The number of hydrogen-bond donors (Lipinski definition) is 6. The monoisotopic (exact) mass is 926 g/mol. The van der Waals surface area contributed by atoms with E-state index < -0.39 is 68.9 Å². The minimum Gasteiger partial charge on any atom is -0.387 e. The molecule has 22 heteroatoms. The van der Waals surface area contributed by atoms with Crippen molar-refractivity contribution in [1.82, 2.24) is 29.2 Å². The lowest BCUT2D eigenvalue weighted by atomic mass is 9.92. The Morgan fingerprint density at radius 1 is 0.646 bits per heavy atom. The Morgan fingerprint density at radius 2 is 1.06 bits per heavy atom. The van der Waals surface area contributed by atoms with Crippen LogP contribution in [0.3, 0.4) is 0 Å². The van der Waals surface area contributed by atoms with E-state index in [9.17, 15) is 35.5 Å². The second-order valence-electron chi connectivity index (χ2n) is 16.6. The van der Waals surface area contributed by atoms with Gasteiger partial charge < -0.3 is 46.1 Å². The van der Waals surface area contributed by atoms with Crippen LogP contribution in [0.5, 0.6) is 0 Å². The molecule has 356 valence electrons. The lowest BCUT2D eigenvalue weighted by Gasteiger charge is -2.25. The van der Waals surface area contributed by atoms with Crippen molar-refractivity contribution in [3.63, 3.8) is 0 Å². The highest BCUT2D eigenvalue weighted by Gasteiger charge is 2.59. The Bertz CT molecular complexity index is 2140. The number of ether oxygens (including phenoxy) is 3. The van der Waals surface area contributed by atoms with Gasteiger partial charge in [-0.15, -0.1) is 0 Å². The smallest absolute Gasteiger partial charge is 0.387 e. The molecule has 2 aliphatic heterocycles. The lowest BCUT2D eigenvalue weighted by molar-refractivity contribution is -0.0741. The zero-order valence-corrected chi connectivity index (χ0v) is 37.8. The minimum atomic E-state index is -4.67. The Balaban J connectivity index is 1.03. The van der Waals surface area contributed by atoms with Gasteiger partial charge in [-0.2, -0.15) is 20.7 Å². The van der Waals surface area contributed by atoms with Gasteiger partial charge in [0.2, 0.25) is 11.2 Å². The first-order valence-electron chi connectivity index (χ1n) is 22.6. The van der Waals surface area contributed by atoms with E-state index in [1.807, 2.05) is 12.1 Å². The van der Waals surface area contributed by atoms with Gasteiger partial charge in [-0.3, -0.25) is 13.6 Å². The van der Waals surface area contributed by atoms with Crippen molar-refractivity contribution in [1.29, 1.82) is 10.5 Å². The van der Waals surface area contributed by atoms with E-state index in [0.29, 0.717) is 17.6 Å². The van der Waals surface area contributed by atoms with E-state index in [0.717, 1.165) is 31.9 Å². The quantitative estimate of drug-likeness (QED) is 0.0340. The number of aliphatic hydroxyl groups excluding tert-OH is 4. The number of nitrogen functional groups attached to an aromatic ring is 2. The van der Waals surface area contributed by atoms with Crippen molar-refractivity contribution in [2.24, 2.45) is 0 Å². The summed E-state index contributed by atoms with van der Waals surface area (Å²) in [6.07, 6.45) is 10.1. The molecule has 8 atom stereocenters. The molecule has 2 fully saturated rings. The van der Waals surface area contributed by atoms with Crippen LogP contribution in [-0.4, -0.2) is 119 Å². The topological polar surface area (TPSA) is 313 Å². The fourth-order valence-electron chi connectivity index (χ4n) is 8.38. The van der Waals surface area contributed by atoms with Crippen molar-refractivity contribution < 1.29 is 52.8 Å². The number of unbranched alkanes of at least 4 members (excludes halogenated alkanes) is 13. The minimum absolute atomic E-state index is 0.0414. The van der Waals surface area contributed by atoms with E-state index in [2.05, 4.69) is 27.1 Å². The van der Waals surface area contributed by atoms with Crippen molar-refractivity contribution >= 4 is 30.5 Å². The molecule has 0 unspecified atom stereocenters. The molecule has 0 amide bonds. The number of aliphatic hydroxyl groups is 4. The molecule has 4 aromatic heterocycles. The summed E-state index contributed by atoms with van der Waals surface area (Å²) in [6, 6.07) is 9.80. The van der Waals surface area contributed by atoms with E-state index >= 15 is 0 Å². The Hall–Kier alpha value is -4.35. The SMILES string of the molecule is CCCCCCCCCCCCCCCCOCCCOP(=O)(OC[C@H]1O[C@@](C#N)(c2ccc3c(N)ncnn23)[C@H](O)[C@@H]1O)OC[C@H]1O[C@@](C#N)(c2ccc3c(N)ncnn23)[C@H](O)[C@@H]1O. The van der Waals surface area contributed by atoms with Gasteiger partial charge in [0, 0.05) is 13.2 Å². The van der Waals surface area contributed by atoms with Crippen LogP contribution >= 0.6 is 7.82 Å². The maximum Gasteiger partial charge on any atom is 0.474 e. The molecule has 65 heavy (non-hydrogen) atoms. The van der Waals surface area contributed by atoms with Crippen LogP contribution in [0, 0.1) is 22.7 Å². The number of aromatic nitrogens is 6. The highest BCUT2D eigenvalue weighted by atomic mass is 31.2. The van der Waals surface area contributed by atoms with Crippen LogP contribution < -0.4 is 11.5 Å². The molecular formula is C43H63N10O11P. The third-order valence-electron chi connectivity index (χ3n) is 12.1. The van der Waals surface area contributed by atoms with Gasteiger partial charge >= 0.3 is 7.82 Å². The third kappa shape index (κ3) is 11.4. The number of hydrogen-bond acceptors (Lipinski definition) is 19. The largest absolute Gasteiger partial charge is 0.474 e. The number of anilines is 2. The van der Waals surface area contributed by atoms with Gasteiger partial charge in [-0.1, -0.05) is 90.4 Å². The van der Waals surface area contributed by atoms with Crippen LogP contribution in [0.2, 0.25) is 0 Å². The molecule has 0 spiro atoms. The number of rotatable bonds is 28. The van der Waals surface area contributed by atoms with Crippen LogP contribution in [-0.2, 0) is 43.5 Å². The van der Waals surface area contributed by atoms with Gasteiger partial charge in [-0.25, -0.2) is 23.6 Å². The van der Waals surface area contributed by atoms with E-state index in [-0.39, 0.29) is 42.7 Å². The number of fused-ring (bicyclic) bond motifs is 2. The maximum absolute atomic E-state index is 14.3. The van der Waals surface area contributed by atoms with Crippen molar-refractivity contribution in [3.05, 3.63) is 48.3 Å². The van der Waals surface area contributed by atoms with Gasteiger partial charge in [0.15, 0.2) is 11.6 Å². The highest BCUT2D eigenvalue weighted by Crippen LogP contribution is 2.52. The molecule has 4 aromatic rings. The number of phosphoric ester groups is 1. The molecule has 0 bridgehead atoms. The summed E-state index contributed by atoms with van der Waals surface area (Å²) < 4.78 is 51.6. The fourth-order valence-corrected chi connectivity index (χ4v) is 9.62. The third-order valence-corrected chi connectivity index (χ3v) is 13.5. The summed E-state index contributed by atoms with van der Waals surface area (Å²) in [7, 11) is -4.67. The zero-order chi connectivity index (χ0) is 46.5. The van der Waals surface area contributed by atoms with Crippen molar-refractivity contribution in [3.8, 4) is 12.1 Å². The number of nitrogens with zero attached hydrogens (tertiary/aromatic N) is 8. The molecule has 0 radical (unpaired) electrons. The van der Waals surface area contributed by atoms with E-state index in [1.54, 1.807) is 0 Å².